The molecular weight excluding hydrogens is 344 g/mol. The van der Waals surface area contributed by atoms with E-state index in [0.29, 0.717) is 12.3 Å². The summed E-state index contributed by atoms with van der Waals surface area (Å²) in [5, 5.41) is 13.4. The Kier molecular flexibility index (Phi) is 4.58. The highest BCUT2D eigenvalue weighted by molar-refractivity contribution is 7.99. The van der Waals surface area contributed by atoms with Gasteiger partial charge >= 0.3 is 0 Å². The van der Waals surface area contributed by atoms with E-state index in [0.717, 1.165) is 32.8 Å². The summed E-state index contributed by atoms with van der Waals surface area (Å²) >= 11 is 1.40. The highest BCUT2D eigenvalue weighted by Gasteiger charge is 2.12. The van der Waals surface area contributed by atoms with Crippen molar-refractivity contribution in [1.82, 2.24) is 19.9 Å². The molecule has 0 unspecified atom stereocenters. The van der Waals surface area contributed by atoms with Crippen molar-refractivity contribution in [3.8, 4) is 0 Å². The molecule has 0 saturated carbocycles. The van der Waals surface area contributed by atoms with Gasteiger partial charge < -0.3 is 5.32 Å². The van der Waals surface area contributed by atoms with Gasteiger partial charge in [0.25, 0.3) is 0 Å². The fourth-order valence-corrected chi connectivity index (χ4v) is 3.73. The number of hydrogen-bond acceptors (Lipinski definition) is 4. The Labute approximate surface area is 155 Å². The third-order valence-corrected chi connectivity index (χ3v) is 5.17. The molecule has 0 aliphatic heterocycles. The molecule has 130 valence electrons. The van der Waals surface area contributed by atoms with Gasteiger partial charge in [-0.15, -0.1) is 10.2 Å². The second-order valence-electron chi connectivity index (χ2n) is 6.07. The van der Waals surface area contributed by atoms with Crippen LogP contribution in [0.4, 0.5) is 0 Å². The van der Waals surface area contributed by atoms with E-state index < -0.39 is 0 Å². The van der Waals surface area contributed by atoms with Gasteiger partial charge in [-0.3, -0.25) is 9.20 Å². The number of carbonyl (C=O) groups is 1. The predicted octanol–water partition coefficient (Wildman–Crippen LogP) is 3.60. The molecule has 0 bridgehead atoms. The van der Waals surface area contributed by atoms with E-state index in [9.17, 15) is 4.79 Å². The number of rotatable bonds is 5. The molecule has 0 fully saturated rings. The smallest absolute Gasteiger partial charge is 0.230 e. The zero-order valence-electron chi connectivity index (χ0n) is 14.3. The molecule has 0 saturated heterocycles. The first-order valence-corrected chi connectivity index (χ1v) is 9.38. The lowest BCUT2D eigenvalue weighted by Crippen LogP contribution is -2.24. The Balaban J connectivity index is 1.51. The third-order valence-electron chi connectivity index (χ3n) is 4.24. The van der Waals surface area contributed by atoms with E-state index in [1.807, 2.05) is 52.9 Å². The summed E-state index contributed by atoms with van der Waals surface area (Å²) in [7, 11) is 0. The molecule has 0 atom stereocenters. The lowest BCUT2D eigenvalue weighted by Gasteiger charge is -2.07. The monoisotopic (exact) mass is 362 g/mol. The summed E-state index contributed by atoms with van der Waals surface area (Å²) in [4.78, 5) is 12.2. The highest BCUT2D eigenvalue weighted by Crippen LogP contribution is 2.25. The zero-order valence-corrected chi connectivity index (χ0v) is 15.2. The molecule has 2 aromatic heterocycles. The van der Waals surface area contributed by atoms with Crippen LogP contribution in [0.3, 0.4) is 0 Å². The third kappa shape index (κ3) is 3.28. The molecule has 6 heteroatoms. The van der Waals surface area contributed by atoms with Crippen LogP contribution in [0.1, 0.15) is 11.1 Å². The number of carbonyl (C=O) groups excluding carboxylic acids is 1. The fourth-order valence-electron chi connectivity index (χ4n) is 2.95. The second-order valence-corrected chi connectivity index (χ2v) is 7.01. The number of para-hydroxylation sites is 1. The van der Waals surface area contributed by atoms with Gasteiger partial charge in [0.05, 0.1) is 11.3 Å². The van der Waals surface area contributed by atoms with E-state index in [1.54, 1.807) is 0 Å². The Morgan fingerprint density at radius 3 is 2.69 bits per heavy atom. The van der Waals surface area contributed by atoms with Gasteiger partial charge in [0.2, 0.25) is 5.91 Å². The van der Waals surface area contributed by atoms with Crippen LogP contribution in [-0.4, -0.2) is 26.3 Å². The van der Waals surface area contributed by atoms with E-state index in [4.69, 9.17) is 0 Å². The minimum absolute atomic E-state index is 0.0213. The van der Waals surface area contributed by atoms with E-state index in [-0.39, 0.29) is 5.91 Å². The number of pyridine rings is 1. The van der Waals surface area contributed by atoms with Crippen molar-refractivity contribution in [3.63, 3.8) is 0 Å². The summed E-state index contributed by atoms with van der Waals surface area (Å²) in [5.74, 6) is 0.280. The van der Waals surface area contributed by atoms with Gasteiger partial charge in [-0.1, -0.05) is 60.3 Å². The number of aryl methyl sites for hydroxylation is 1. The summed E-state index contributed by atoms with van der Waals surface area (Å²) in [6, 6.07) is 20.1. The van der Waals surface area contributed by atoms with Crippen LogP contribution in [0.25, 0.3) is 16.6 Å². The van der Waals surface area contributed by atoms with Gasteiger partial charge in [-0.2, -0.15) is 0 Å². The minimum Gasteiger partial charge on any atom is -0.351 e. The number of fused-ring (bicyclic) bond motifs is 3. The van der Waals surface area contributed by atoms with Gasteiger partial charge in [0, 0.05) is 11.9 Å². The van der Waals surface area contributed by atoms with Crippen molar-refractivity contribution in [1.29, 1.82) is 0 Å². The summed E-state index contributed by atoms with van der Waals surface area (Å²) < 4.78 is 2.01. The summed E-state index contributed by atoms with van der Waals surface area (Å²) in [6.45, 7) is 2.60. The van der Waals surface area contributed by atoms with Crippen molar-refractivity contribution in [2.45, 2.75) is 18.6 Å². The van der Waals surface area contributed by atoms with Crippen LogP contribution in [-0.2, 0) is 11.3 Å². The Morgan fingerprint density at radius 2 is 1.85 bits per heavy atom. The van der Waals surface area contributed by atoms with E-state index in [2.05, 4.69) is 34.6 Å². The molecule has 26 heavy (non-hydrogen) atoms. The Hall–Kier alpha value is -2.86. The minimum atomic E-state index is -0.0213. The highest BCUT2D eigenvalue weighted by atomic mass is 32.2. The largest absolute Gasteiger partial charge is 0.351 e. The molecule has 4 aromatic rings. The molecule has 0 radical (unpaired) electrons. The Bertz CT molecular complexity index is 1080. The molecule has 0 aliphatic carbocycles. The molecule has 1 amide bonds. The number of aromatic nitrogens is 3. The Morgan fingerprint density at radius 1 is 1.08 bits per heavy atom. The van der Waals surface area contributed by atoms with E-state index >= 15 is 0 Å². The molecule has 0 spiro atoms. The van der Waals surface area contributed by atoms with Gasteiger partial charge in [0.1, 0.15) is 0 Å². The molecule has 2 heterocycles. The zero-order chi connectivity index (χ0) is 17.9. The van der Waals surface area contributed by atoms with Crippen LogP contribution >= 0.6 is 11.8 Å². The van der Waals surface area contributed by atoms with Crippen molar-refractivity contribution in [3.05, 3.63) is 71.8 Å². The van der Waals surface area contributed by atoms with Crippen LogP contribution in [0.5, 0.6) is 0 Å². The normalized spacial score (nSPS) is 11.1. The lowest BCUT2D eigenvalue weighted by atomic mass is 10.1. The summed E-state index contributed by atoms with van der Waals surface area (Å²) in [6.07, 6.45) is 0. The predicted molar refractivity (Wildman–Crippen MR) is 104 cm³/mol. The molecule has 4 rings (SSSR count). The first kappa shape index (κ1) is 16.6. The standard InChI is InChI=1S/C20H18N4OS/c1-14-11-18-22-23-20(24(18)17-10-6-5-9-16(14)17)26-13-19(25)21-12-15-7-3-2-4-8-15/h2-11H,12-13H2,1H3,(H,21,25). The molecule has 5 nitrogen and oxygen atoms in total. The van der Waals surface area contributed by atoms with Crippen molar-refractivity contribution in [2.24, 2.45) is 0 Å². The lowest BCUT2D eigenvalue weighted by molar-refractivity contribution is -0.118. The maximum atomic E-state index is 12.2. The second kappa shape index (κ2) is 7.17. The van der Waals surface area contributed by atoms with Gasteiger partial charge in [-0.25, -0.2) is 0 Å². The SMILES string of the molecule is Cc1cc2nnc(SCC(=O)NCc3ccccc3)n2c2ccccc12. The van der Waals surface area contributed by atoms with Gasteiger partial charge in [-0.05, 0) is 30.2 Å². The van der Waals surface area contributed by atoms with Gasteiger partial charge in [0.15, 0.2) is 10.8 Å². The first-order valence-electron chi connectivity index (χ1n) is 8.39. The fraction of sp³-hybridized carbons (Fsp3) is 0.150. The number of thioether (sulfide) groups is 1. The number of nitrogens with zero attached hydrogens (tertiary/aromatic N) is 3. The van der Waals surface area contributed by atoms with Crippen LogP contribution < -0.4 is 5.32 Å². The average molecular weight is 362 g/mol. The average Bonchev–Trinajstić information content (AvgIpc) is 3.08. The molecule has 1 N–H and O–H groups in total. The first-order chi connectivity index (χ1) is 12.7. The molecular formula is C20H18N4OS. The van der Waals surface area contributed by atoms with E-state index in [1.165, 1.54) is 11.8 Å². The van der Waals surface area contributed by atoms with Crippen LogP contribution in [0, 0.1) is 6.92 Å². The number of amides is 1. The van der Waals surface area contributed by atoms with Crippen LogP contribution in [0.2, 0.25) is 0 Å². The summed E-state index contributed by atoms with van der Waals surface area (Å²) in [5.41, 5.74) is 4.10. The number of hydrogen-bond donors (Lipinski definition) is 1. The van der Waals surface area contributed by atoms with Crippen LogP contribution in [0.15, 0.2) is 65.8 Å². The van der Waals surface area contributed by atoms with Crippen molar-refractivity contribution in [2.75, 3.05) is 5.75 Å². The maximum absolute atomic E-state index is 12.2. The number of nitrogens with one attached hydrogen (secondary N) is 1. The van der Waals surface area contributed by atoms with Crippen molar-refractivity contribution >= 4 is 34.2 Å². The van der Waals surface area contributed by atoms with Crippen molar-refractivity contribution < 1.29 is 4.79 Å². The number of benzene rings is 2. The quantitative estimate of drug-likeness (QED) is 0.551. The topological polar surface area (TPSA) is 59.3 Å². The molecule has 0 aliphatic rings. The molecule has 2 aromatic carbocycles. The maximum Gasteiger partial charge on any atom is 0.230 e.